The average molecular weight is 570 g/mol. The third-order valence-electron chi connectivity index (χ3n) is 9.99. The lowest BCUT2D eigenvalue weighted by Crippen LogP contribution is -2.54. The predicted octanol–water partition coefficient (Wildman–Crippen LogP) is 5.02. The molecule has 0 radical (unpaired) electrons. The highest BCUT2D eigenvalue weighted by atomic mass is 16.5. The molecule has 4 atom stereocenters. The van der Waals surface area contributed by atoms with E-state index in [1.165, 1.54) is 17.7 Å². The summed E-state index contributed by atoms with van der Waals surface area (Å²) in [7, 11) is 2.24. The Morgan fingerprint density at radius 1 is 1.07 bits per heavy atom. The first-order chi connectivity index (χ1) is 19.8. The third-order valence-corrected chi connectivity index (χ3v) is 9.99. The number of nitrogens with one attached hydrogen (secondary N) is 1. The molecule has 0 spiro atoms. The van der Waals surface area contributed by atoms with Crippen molar-refractivity contribution in [2.24, 2.45) is 0 Å². The van der Waals surface area contributed by atoms with E-state index in [1.54, 1.807) is 13.8 Å². The summed E-state index contributed by atoms with van der Waals surface area (Å²) in [5.74, 6) is 2.17. The Hall–Kier alpha value is -3.27. The molecular formula is C33H43N7O2. The number of fused-ring (bicyclic) bond motifs is 5. The molecule has 7 rings (SSSR count). The molecule has 1 aromatic carbocycles. The Bertz CT molecular complexity index is 1530. The Labute approximate surface area is 248 Å². The molecule has 222 valence electrons. The van der Waals surface area contributed by atoms with Crippen LogP contribution in [0, 0.1) is 6.92 Å². The maximum Gasteiger partial charge on any atom is 0.229 e. The molecule has 2 bridgehead atoms. The number of ether oxygens (including phenoxy) is 1. The summed E-state index contributed by atoms with van der Waals surface area (Å²) in [6, 6.07) is 13.8. The number of pyridine rings is 1. The molecular weight excluding hydrogens is 526 g/mol. The molecule has 0 aliphatic carbocycles. The van der Waals surface area contributed by atoms with Crippen LogP contribution in [0.2, 0.25) is 0 Å². The van der Waals surface area contributed by atoms with E-state index in [-0.39, 0.29) is 17.1 Å². The number of nitrogens with zero attached hydrogens (tertiary/aromatic N) is 6. The number of rotatable bonds is 5. The van der Waals surface area contributed by atoms with Gasteiger partial charge in [0, 0.05) is 53.7 Å². The largest absolute Gasteiger partial charge is 0.384 e. The smallest absolute Gasteiger partial charge is 0.229 e. The summed E-state index contributed by atoms with van der Waals surface area (Å²) in [6.07, 6.45) is 4.02. The van der Waals surface area contributed by atoms with Crippen LogP contribution in [0.5, 0.6) is 0 Å². The van der Waals surface area contributed by atoms with Gasteiger partial charge in [0.2, 0.25) is 5.95 Å². The standard InChI is InChI=1S/C33H43N7O2/c1-20-13-21(11-12-25(20)39-18-22-14-23(39)17-38(22)7)35-30-34-16-24-29(37-30)40(27-15-31(2,3)42-19-33(24,27)6)28-10-8-9-26(36-28)32(4,5)41/h8-13,16,22-23,27,41H,14-15,17-19H2,1-7H3,(H,34,35,37)/t22-,23-,27-,33?/m1/s1. The number of hydrogen-bond donors (Lipinski definition) is 2. The topological polar surface area (TPSA) is 89.9 Å². The number of hydrogen-bond acceptors (Lipinski definition) is 9. The Morgan fingerprint density at radius 2 is 1.88 bits per heavy atom. The van der Waals surface area contributed by atoms with Crippen molar-refractivity contribution >= 4 is 29.0 Å². The van der Waals surface area contributed by atoms with Crippen molar-refractivity contribution in [2.45, 2.75) is 89.1 Å². The third kappa shape index (κ3) is 4.44. The van der Waals surface area contributed by atoms with Crippen molar-refractivity contribution in [2.75, 3.05) is 41.9 Å². The number of likely N-dealkylation sites (tertiary alicyclic amines) is 1. The summed E-state index contributed by atoms with van der Waals surface area (Å²) < 4.78 is 6.35. The van der Waals surface area contributed by atoms with E-state index in [0.29, 0.717) is 30.3 Å². The Balaban J connectivity index is 1.22. The second-order valence-corrected chi connectivity index (χ2v) is 14.2. The molecule has 1 unspecified atom stereocenters. The van der Waals surface area contributed by atoms with E-state index in [0.717, 1.165) is 42.4 Å². The molecule has 42 heavy (non-hydrogen) atoms. The first-order valence-electron chi connectivity index (χ1n) is 15.2. The Kier molecular flexibility index (Phi) is 6.14. The van der Waals surface area contributed by atoms with Crippen molar-refractivity contribution in [3.05, 3.63) is 59.4 Å². The highest BCUT2D eigenvalue weighted by molar-refractivity contribution is 5.72. The molecule has 2 N–H and O–H groups in total. The van der Waals surface area contributed by atoms with Gasteiger partial charge >= 0.3 is 0 Å². The summed E-state index contributed by atoms with van der Waals surface area (Å²) in [5.41, 5.74) is 3.60. The second kappa shape index (κ2) is 9.36. The summed E-state index contributed by atoms with van der Waals surface area (Å²) in [6.45, 7) is 15.1. The highest BCUT2D eigenvalue weighted by Crippen LogP contribution is 2.53. The van der Waals surface area contributed by atoms with Crippen molar-refractivity contribution in [3.8, 4) is 0 Å². The fourth-order valence-electron chi connectivity index (χ4n) is 7.50. The van der Waals surface area contributed by atoms with Crippen LogP contribution in [0.4, 0.5) is 29.0 Å². The lowest BCUT2D eigenvalue weighted by atomic mass is 9.73. The number of piperazine rings is 1. The van der Waals surface area contributed by atoms with E-state index in [9.17, 15) is 5.11 Å². The zero-order valence-electron chi connectivity index (χ0n) is 25.8. The van der Waals surface area contributed by atoms with Gasteiger partial charge in [0.1, 0.15) is 17.2 Å². The van der Waals surface area contributed by atoms with Crippen molar-refractivity contribution < 1.29 is 9.84 Å². The molecule has 3 saturated heterocycles. The molecule has 4 aliphatic rings. The first-order valence-corrected chi connectivity index (χ1v) is 15.2. The van der Waals surface area contributed by atoms with Crippen molar-refractivity contribution in [1.82, 2.24) is 19.9 Å². The molecule has 6 heterocycles. The number of aryl methyl sites for hydroxylation is 1. The van der Waals surface area contributed by atoms with Gasteiger partial charge in [-0.05, 0) is 90.4 Å². The van der Waals surface area contributed by atoms with Crippen LogP contribution in [0.3, 0.4) is 0 Å². The molecule has 9 nitrogen and oxygen atoms in total. The van der Waals surface area contributed by atoms with Gasteiger partial charge in [0.05, 0.1) is 23.9 Å². The maximum atomic E-state index is 10.7. The van der Waals surface area contributed by atoms with Gasteiger partial charge in [-0.3, -0.25) is 4.90 Å². The Morgan fingerprint density at radius 3 is 2.57 bits per heavy atom. The van der Waals surface area contributed by atoms with Crippen LogP contribution in [-0.2, 0) is 15.8 Å². The highest BCUT2D eigenvalue weighted by Gasteiger charge is 2.55. The average Bonchev–Trinajstić information content (AvgIpc) is 3.57. The number of aliphatic hydroxyl groups is 1. The van der Waals surface area contributed by atoms with Gasteiger partial charge in [0.25, 0.3) is 0 Å². The second-order valence-electron chi connectivity index (χ2n) is 14.2. The first kappa shape index (κ1) is 27.6. The van der Waals surface area contributed by atoms with Crippen LogP contribution >= 0.6 is 0 Å². The predicted molar refractivity (Wildman–Crippen MR) is 166 cm³/mol. The SMILES string of the molecule is Cc1cc(Nc2ncc3c(n2)N(c2cccc(C(C)(C)O)n2)[C@@H]2CC(C)(C)OCC32C)ccc1N1C[C@H]2C[C@@H]1CN2C. The zero-order chi connectivity index (χ0) is 29.6. The van der Waals surface area contributed by atoms with Gasteiger partial charge in [-0.2, -0.15) is 4.98 Å². The fraction of sp³-hybridized carbons (Fsp3) is 0.545. The molecule has 0 amide bonds. The number of benzene rings is 1. The van der Waals surface area contributed by atoms with Gasteiger partial charge in [-0.1, -0.05) is 13.0 Å². The van der Waals surface area contributed by atoms with E-state index in [1.807, 2.05) is 24.4 Å². The summed E-state index contributed by atoms with van der Waals surface area (Å²) >= 11 is 0. The monoisotopic (exact) mass is 569 g/mol. The van der Waals surface area contributed by atoms with Gasteiger partial charge in [-0.25, -0.2) is 9.97 Å². The van der Waals surface area contributed by atoms with Crippen LogP contribution < -0.4 is 15.1 Å². The van der Waals surface area contributed by atoms with Crippen LogP contribution in [0.15, 0.2) is 42.6 Å². The lowest BCUT2D eigenvalue weighted by Gasteiger charge is -2.46. The van der Waals surface area contributed by atoms with E-state index < -0.39 is 5.60 Å². The molecule has 3 fully saturated rings. The zero-order valence-corrected chi connectivity index (χ0v) is 25.8. The minimum absolute atomic E-state index is 0.0849. The van der Waals surface area contributed by atoms with Gasteiger partial charge in [-0.15, -0.1) is 0 Å². The number of aromatic nitrogens is 3. The normalized spacial score (nSPS) is 28.2. The molecule has 4 aliphatic heterocycles. The van der Waals surface area contributed by atoms with Crippen molar-refractivity contribution in [1.29, 1.82) is 0 Å². The molecule has 9 heteroatoms. The maximum absolute atomic E-state index is 10.7. The van der Waals surface area contributed by atoms with Crippen molar-refractivity contribution in [3.63, 3.8) is 0 Å². The van der Waals surface area contributed by atoms with E-state index in [4.69, 9.17) is 19.7 Å². The molecule has 0 saturated carbocycles. The summed E-state index contributed by atoms with van der Waals surface area (Å²) in [4.78, 5) is 22.2. The van der Waals surface area contributed by atoms with Gasteiger partial charge in [0.15, 0.2) is 0 Å². The van der Waals surface area contributed by atoms with Crippen LogP contribution in [0.25, 0.3) is 0 Å². The number of anilines is 5. The minimum Gasteiger partial charge on any atom is -0.384 e. The van der Waals surface area contributed by atoms with E-state index in [2.05, 4.69) is 73.0 Å². The lowest BCUT2D eigenvalue weighted by molar-refractivity contribution is -0.0893. The van der Waals surface area contributed by atoms with Gasteiger partial charge < -0.3 is 25.0 Å². The van der Waals surface area contributed by atoms with E-state index >= 15 is 0 Å². The fourth-order valence-corrected chi connectivity index (χ4v) is 7.50. The summed E-state index contributed by atoms with van der Waals surface area (Å²) in [5, 5.41) is 14.2. The molecule has 2 aromatic heterocycles. The number of likely N-dealkylation sites (N-methyl/N-ethyl adjacent to an activating group) is 1. The van der Waals surface area contributed by atoms with Crippen LogP contribution in [0.1, 0.15) is 64.3 Å². The van der Waals surface area contributed by atoms with Crippen LogP contribution in [-0.4, -0.2) is 75.4 Å². The minimum atomic E-state index is -1.05. The quantitative estimate of drug-likeness (QED) is 0.440. The molecule has 3 aromatic rings.